The Hall–Kier alpha value is -3.23. The van der Waals surface area contributed by atoms with Crippen molar-refractivity contribution in [2.45, 2.75) is 44.6 Å². The Morgan fingerprint density at radius 2 is 1.83 bits per heavy atom. The molecule has 1 saturated carbocycles. The van der Waals surface area contributed by atoms with Crippen LogP contribution in [0.2, 0.25) is 5.02 Å². The lowest BCUT2D eigenvalue weighted by atomic mass is 10.1. The van der Waals surface area contributed by atoms with Crippen molar-refractivity contribution in [3.8, 4) is 11.4 Å². The third-order valence-electron chi connectivity index (χ3n) is 6.11. The maximum absolute atomic E-state index is 12.7. The van der Waals surface area contributed by atoms with Crippen molar-refractivity contribution in [2.75, 3.05) is 19.6 Å². The average Bonchev–Trinajstić information content (AvgIpc) is 3.31. The third kappa shape index (κ3) is 7.38. The lowest BCUT2D eigenvalue weighted by Crippen LogP contribution is -2.22. The molecule has 1 aromatic heterocycles. The number of Topliss-reactive ketones (excluding diaryl/α,β-unsaturated/α-hetero) is 1. The van der Waals surface area contributed by atoms with Crippen LogP contribution in [0, 0.1) is 5.82 Å². The summed E-state index contributed by atoms with van der Waals surface area (Å²) in [5.74, 6) is -1.36. The van der Waals surface area contributed by atoms with E-state index in [1.165, 1.54) is 98.6 Å². The second-order valence-electron chi connectivity index (χ2n) is 9.08. The predicted octanol–water partition coefficient (Wildman–Crippen LogP) is 4.59. The van der Waals surface area contributed by atoms with Gasteiger partial charge in [-0.15, -0.1) is 0 Å². The van der Waals surface area contributed by atoms with E-state index in [0.717, 1.165) is 17.2 Å². The van der Waals surface area contributed by atoms with Gasteiger partial charge in [0.2, 0.25) is 0 Å². The number of carbonyl (C=O) groups excluding carboxylic acids is 2. The van der Waals surface area contributed by atoms with Crippen LogP contribution in [-0.4, -0.2) is 52.1 Å². The smallest absolute Gasteiger partial charge is 0.289 e. The highest BCUT2D eigenvalue weighted by Crippen LogP contribution is 2.32. The number of rotatable bonds is 9. The summed E-state index contributed by atoms with van der Waals surface area (Å²) in [5, 5.41) is 4.65. The highest BCUT2D eigenvalue weighted by Gasteiger charge is 2.24. The van der Waals surface area contributed by atoms with Crippen molar-refractivity contribution in [2.24, 2.45) is 5.73 Å². The highest BCUT2D eigenvalue weighted by molar-refractivity contribution is 6.42. The van der Waals surface area contributed by atoms with Crippen molar-refractivity contribution in [1.29, 1.82) is 0 Å². The van der Waals surface area contributed by atoms with Crippen molar-refractivity contribution in [3.05, 3.63) is 76.8 Å². The summed E-state index contributed by atoms with van der Waals surface area (Å²) in [7, 11) is 0. The minimum atomic E-state index is -1.04. The number of ketones is 1. The van der Waals surface area contributed by atoms with Crippen LogP contribution in [0.4, 0.5) is 4.39 Å². The predicted molar refractivity (Wildman–Crippen MR) is 136 cm³/mol. The van der Waals surface area contributed by atoms with Crippen LogP contribution < -0.4 is 10.5 Å². The lowest BCUT2D eigenvalue weighted by molar-refractivity contribution is -0.114. The summed E-state index contributed by atoms with van der Waals surface area (Å²) >= 11 is 6.27. The van der Waals surface area contributed by atoms with Gasteiger partial charge in [-0.05, 0) is 100 Å². The first-order chi connectivity index (χ1) is 17.4. The number of aromatic nitrogens is 2. The first-order valence-electron chi connectivity index (χ1n) is 12.2. The molecule has 1 saturated heterocycles. The zero-order chi connectivity index (χ0) is 25.5. The molecule has 0 spiro atoms. The minimum absolute atomic E-state index is 0.0989. The van der Waals surface area contributed by atoms with Gasteiger partial charge >= 0.3 is 0 Å². The molecule has 0 atom stereocenters. The summed E-state index contributed by atoms with van der Waals surface area (Å²) in [6, 6.07) is 11.8. The number of halogens is 2. The zero-order valence-corrected chi connectivity index (χ0v) is 20.8. The van der Waals surface area contributed by atoms with Crippen LogP contribution in [0.15, 0.2) is 54.9 Å². The number of likely N-dealkylation sites (tertiary alicyclic amines) is 1. The molecule has 5 rings (SSSR count). The molecule has 9 heteroatoms. The van der Waals surface area contributed by atoms with E-state index in [2.05, 4.69) is 22.1 Å². The molecular formula is C27H30ClFN4O3. The fourth-order valence-corrected chi connectivity index (χ4v) is 4.24. The van der Waals surface area contributed by atoms with Crippen LogP contribution in [0.25, 0.3) is 5.69 Å². The number of benzene rings is 2. The molecule has 0 unspecified atom stereocenters. The number of amides is 1. The Morgan fingerprint density at radius 3 is 2.47 bits per heavy atom. The second kappa shape index (κ2) is 12.1. The van der Waals surface area contributed by atoms with E-state index >= 15 is 0 Å². The van der Waals surface area contributed by atoms with E-state index in [9.17, 15) is 14.0 Å². The minimum Gasteiger partial charge on any atom is -0.489 e. The molecule has 0 bridgehead atoms. The fraction of sp³-hybridized carbons (Fsp3) is 0.370. The highest BCUT2D eigenvalue weighted by atomic mass is 35.5. The SMILES string of the molecule is Clc1cc(CCCN2CCCC2)ccc1OC1CC1.NC(=O)C(=O)c1cnn(-c2ccc(F)cc2)c1. The topological polar surface area (TPSA) is 90.4 Å². The van der Waals surface area contributed by atoms with Crippen LogP contribution >= 0.6 is 11.6 Å². The van der Waals surface area contributed by atoms with Gasteiger partial charge in [-0.2, -0.15) is 5.10 Å². The number of primary amides is 1. The van der Waals surface area contributed by atoms with E-state index < -0.39 is 11.7 Å². The fourth-order valence-electron chi connectivity index (χ4n) is 3.99. The number of aryl methyl sites for hydroxylation is 1. The van der Waals surface area contributed by atoms with Crippen LogP contribution in [-0.2, 0) is 11.2 Å². The van der Waals surface area contributed by atoms with Crippen molar-refractivity contribution in [1.82, 2.24) is 14.7 Å². The summed E-state index contributed by atoms with van der Waals surface area (Å²) < 4.78 is 19.8. The molecule has 2 heterocycles. The number of nitrogens with zero attached hydrogens (tertiary/aromatic N) is 3. The average molecular weight is 513 g/mol. The Balaban J connectivity index is 0.000000170. The van der Waals surface area contributed by atoms with Gasteiger partial charge in [0.1, 0.15) is 11.6 Å². The summed E-state index contributed by atoms with van der Waals surface area (Å²) in [4.78, 5) is 24.5. The van der Waals surface area contributed by atoms with Crippen molar-refractivity contribution >= 4 is 23.3 Å². The molecule has 2 fully saturated rings. The van der Waals surface area contributed by atoms with Crippen molar-refractivity contribution in [3.63, 3.8) is 0 Å². The maximum atomic E-state index is 12.7. The van der Waals surface area contributed by atoms with Crippen LogP contribution in [0.1, 0.15) is 48.0 Å². The van der Waals surface area contributed by atoms with Gasteiger partial charge in [-0.3, -0.25) is 9.59 Å². The van der Waals surface area contributed by atoms with Gasteiger partial charge in [0.05, 0.1) is 28.6 Å². The molecule has 2 N–H and O–H groups in total. The summed E-state index contributed by atoms with van der Waals surface area (Å²) in [6.07, 6.45) is 10.4. The number of ether oxygens (including phenoxy) is 1. The van der Waals surface area contributed by atoms with E-state index in [1.54, 1.807) is 0 Å². The molecule has 1 aliphatic heterocycles. The Labute approximate surface area is 215 Å². The third-order valence-corrected chi connectivity index (χ3v) is 6.41. The molecule has 190 valence electrons. The molecule has 36 heavy (non-hydrogen) atoms. The molecule has 3 aromatic rings. The normalized spacial score (nSPS) is 15.3. The Kier molecular flexibility index (Phi) is 8.72. The van der Waals surface area contributed by atoms with Crippen LogP contribution in [0.5, 0.6) is 5.75 Å². The largest absolute Gasteiger partial charge is 0.489 e. The Bertz CT molecular complexity index is 1190. The standard InChI is InChI=1S/C16H22ClNO.C11H8FN3O2/c17-15-12-13(4-3-11-18-9-1-2-10-18)5-8-16(15)19-14-6-7-14;12-8-1-3-9(4-2-8)15-6-7(5-14-15)10(16)11(13)17/h5,8,12,14H,1-4,6-7,9-11H2;1-6H,(H2,13,17). The van der Waals surface area contributed by atoms with Gasteiger partial charge in [0.25, 0.3) is 11.7 Å². The molecule has 2 aromatic carbocycles. The second-order valence-corrected chi connectivity index (χ2v) is 9.48. The molecule has 7 nitrogen and oxygen atoms in total. The zero-order valence-electron chi connectivity index (χ0n) is 20.0. The van der Waals surface area contributed by atoms with E-state index in [4.69, 9.17) is 22.1 Å². The summed E-state index contributed by atoms with van der Waals surface area (Å²) in [6.45, 7) is 3.79. The van der Waals surface area contributed by atoms with Gasteiger partial charge in [-0.25, -0.2) is 9.07 Å². The molecule has 1 aliphatic carbocycles. The van der Waals surface area contributed by atoms with Crippen molar-refractivity contribution < 1.29 is 18.7 Å². The van der Waals surface area contributed by atoms with Gasteiger partial charge < -0.3 is 15.4 Å². The first kappa shape index (κ1) is 25.9. The Morgan fingerprint density at radius 1 is 1.11 bits per heavy atom. The van der Waals surface area contributed by atoms with E-state index in [0.29, 0.717) is 11.8 Å². The maximum Gasteiger partial charge on any atom is 0.289 e. The van der Waals surface area contributed by atoms with E-state index in [1.807, 2.05) is 6.07 Å². The van der Waals surface area contributed by atoms with Gasteiger partial charge in [-0.1, -0.05) is 17.7 Å². The first-order valence-corrected chi connectivity index (χ1v) is 12.6. The molecule has 2 aliphatic rings. The summed E-state index contributed by atoms with van der Waals surface area (Å²) in [5.41, 5.74) is 6.86. The number of hydrogen-bond acceptors (Lipinski definition) is 5. The number of hydrogen-bond donors (Lipinski definition) is 1. The lowest BCUT2D eigenvalue weighted by Gasteiger charge is -2.14. The molecule has 0 radical (unpaired) electrons. The number of nitrogens with two attached hydrogens (primary N) is 1. The molecular weight excluding hydrogens is 483 g/mol. The van der Waals surface area contributed by atoms with Gasteiger partial charge in [0, 0.05) is 6.20 Å². The van der Waals surface area contributed by atoms with E-state index in [-0.39, 0.29) is 11.4 Å². The monoisotopic (exact) mass is 512 g/mol. The number of carbonyl (C=O) groups is 2. The van der Waals surface area contributed by atoms with Crippen LogP contribution in [0.3, 0.4) is 0 Å². The molecule has 1 amide bonds. The van der Waals surface area contributed by atoms with Gasteiger partial charge in [0.15, 0.2) is 0 Å². The quantitative estimate of drug-likeness (QED) is 0.334.